The average molecular weight is 431 g/mol. The minimum Gasteiger partial charge on any atom is -0.369 e. The molecule has 3 N–H and O–H groups in total. The van der Waals surface area contributed by atoms with Gasteiger partial charge in [-0.15, -0.1) is 0 Å². The molecule has 1 aliphatic carbocycles. The third kappa shape index (κ3) is 3.74. The molecule has 2 aromatic rings. The Kier molecular flexibility index (Phi) is 4.76. The number of aliphatic imine (C=N–C) groups is 1. The summed E-state index contributed by atoms with van der Waals surface area (Å²) < 4.78 is 40.3. The van der Waals surface area contributed by atoms with Crippen molar-refractivity contribution in [2.45, 2.75) is 31.2 Å². The Morgan fingerprint density at radius 3 is 2.63 bits per heavy atom. The van der Waals surface area contributed by atoms with E-state index in [1.165, 1.54) is 26.1 Å². The molecule has 1 aromatic carbocycles. The predicted octanol–water partition coefficient (Wildman–Crippen LogP) is 2.16. The van der Waals surface area contributed by atoms with Gasteiger partial charge in [0, 0.05) is 24.5 Å². The normalized spacial score (nSPS) is 23.0. The number of benzene rings is 1. The quantitative estimate of drug-likeness (QED) is 0.769. The van der Waals surface area contributed by atoms with Crippen molar-refractivity contribution in [2.75, 3.05) is 18.1 Å². The summed E-state index contributed by atoms with van der Waals surface area (Å²) in [6.45, 7) is 1.49. The zero-order valence-corrected chi connectivity index (χ0v) is 17.4. The van der Waals surface area contributed by atoms with E-state index in [1.54, 1.807) is 12.3 Å². The highest BCUT2D eigenvalue weighted by Crippen LogP contribution is 2.39. The third-order valence-corrected chi connectivity index (χ3v) is 7.39. The molecule has 1 saturated carbocycles. The fraction of sp³-hybridized carbons (Fsp3) is 0.350. The second-order valence-corrected chi connectivity index (χ2v) is 9.87. The van der Waals surface area contributed by atoms with Crippen LogP contribution in [0, 0.1) is 5.82 Å². The zero-order valence-electron chi connectivity index (χ0n) is 16.6. The smallest absolute Gasteiger partial charge is 0.274 e. The molecule has 8 nitrogen and oxygen atoms in total. The molecule has 2 aliphatic rings. The Labute approximate surface area is 174 Å². The van der Waals surface area contributed by atoms with Gasteiger partial charge in [-0.25, -0.2) is 22.1 Å². The van der Waals surface area contributed by atoms with E-state index in [-0.39, 0.29) is 17.2 Å². The molecule has 0 saturated heterocycles. The summed E-state index contributed by atoms with van der Waals surface area (Å²) in [4.78, 5) is 21.0. The lowest BCUT2D eigenvalue weighted by atomic mass is 9.93. The van der Waals surface area contributed by atoms with Crippen molar-refractivity contribution >= 4 is 27.6 Å². The number of rotatable bonds is 4. The van der Waals surface area contributed by atoms with E-state index < -0.39 is 33.0 Å². The first kappa shape index (κ1) is 20.3. The average Bonchev–Trinajstić information content (AvgIpc) is 3.52. The van der Waals surface area contributed by atoms with Gasteiger partial charge in [0.1, 0.15) is 17.1 Å². The Balaban J connectivity index is 1.61. The fourth-order valence-electron chi connectivity index (χ4n) is 3.50. The summed E-state index contributed by atoms with van der Waals surface area (Å²) in [6, 6.07) is 7.48. The molecule has 0 unspecified atom stereocenters. The molecule has 30 heavy (non-hydrogen) atoms. The van der Waals surface area contributed by atoms with Crippen molar-refractivity contribution in [1.29, 1.82) is 0 Å². The number of nitrogens with two attached hydrogens (primary N) is 1. The number of anilines is 1. The van der Waals surface area contributed by atoms with E-state index in [0.717, 1.165) is 28.8 Å². The number of aromatic nitrogens is 1. The molecule has 2 heterocycles. The van der Waals surface area contributed by atoms with E-state index in [2.05, 4.69) is 15.3 Å². The van der Waals surface area contributed by atoms with E-state index in [9.17, 15) is 17.6 Å². The highest BCUT2D eigenvalue weighted by Gasteiger charge is 2.41. The number of nitrogens with one attached hydrogen (secondary N) is 1. The Bertz CT molecular complexity index is 1150. The van der Waals surface area contributed by atoms with Crippen LogP contribution in [0.2, 0.25) is 0 Å². The van der Waals surface area contributed by atoms with Gasteiger partial charge in [-0.05, 0) is 55.5 Å². The van der Waals surface area contributed by atoms with Gasteiger partial charge in [0.05, 0.1) is 5.75 Å². The molecule has 0 bridgehead atoms. The van der Waals surface area contributed by atoms with Crippen LogP contribution >= 0.6 is 0 Å². The summed E-state index contributed by atoms with van der Waals surface area (Å²) in [5.74, 6) is -1.22. The Morgan fingerprint density at radius 2 is 2.03 bits per heavy atom. The minimum atomic E-state index is -3.75. The van der Waals surface area contributed by atoms with Crippen molar-refractivity contribution < 1.29 is 17.6 Å². The van der Waals surface area contributed by atoms with Crippen LogP contribution in [0.1, 0.15) is 47.3 Å². The summed E-state index contributed by atoms with van der Waals surface area (Å²) in [5.41, 5.74) is 6.00. The maximum Gasteiger partial charge on any atom is 0.274 e. The van der Waals surface area contributed by atoms with Crippen LogP contribution < -0.4 is 11.1 Å². The first-order valence-corrected chi connectivity index (χ1v) is 11.1. The second-order valence-electron chi connectivity index (χ2n) is 7.87. The number of nitrogens with zero attached hydrogens (tertiary/aromatic N) is 3. The van der Waals surface area contributed by atoms with Gasteiger partial charge in [0.25, 0.3) is 5.91 Å². The summed E-state index contributed by atoms with van der Waals surface area (Å²) in [5, 5.41) is 2.68. The van der Waals surface area contributed by atoms with Crippen LogP contribution in [-0.4, -0.2) is 42.4 Å². The van der Waals surface area contributed by atoms with Gasteiger partial charge in [0.2, 0.25) is 16.0 Å². The SMILES string of the molecule is CN1C(N)=N[C@](C)(c2cc(NC(=O)c3ccc(C4CC4)cn3)ccc2F)CS1(=O)=O. The van der Waals surface area contributed by atoms with Gasteiger partial charge < -0.3 is 11.1 Å². The lowest BCUT2D eigenvalue weighted by Crippen LogP contribution is -2.50. The number of halogens is 1. The molecule has 1 atom stereocenters. The highest BCUT2D eigenvalue weighted by atomic mass is 32.2. The Hall–Kier alpha value is -3.01. The molecule has 0 radical (unpaired) electrons. The first-order valence-electron chi connectivity index (χ1n) is 9.48. The van der Waals surface area contributed by atoms with Crippen LogP contribution in [0.25, 0.3) is 0 Å². The number of hydrogen-bond acceptors (Lipinski definition) is 6. The number of amides is 1. The van der Waals surface area contributed by atoms with Gasteiger partial charge in [-0.1, -0.05) is 6.07 Å². The number of pyridine rings is 1. The topological polar surface area (TPSA) is 118 Å². The lowest BCUT2D eigenvalue weighted by molar-refractivity contribution is 0.102. The third-order valence-electron chi connectivity index (χ3n) is 5.44. The van der Waals surface area contributed by atoms with E-state index >= 15 is 0 Å². The molecular formula is C20H22FN5O3S. The monoisotopic (exact) mass is 431 g/mol. The second kappa shape index (κ2) is 7.05. The summed E-state index contributed by atoms with van der Waals surface area (Å²) in [6.07, 6.45) is 3.98. The first-order chi connectivity index (χ1) is 14.1. The van der Waals surface area contributed by atoms with E-state index in [0.29, 0.717) is 11.6 Å². The number of sulfonamides is 1. The van der Waals surface area contributed by atoms with Crippen LogP contribution in [0.5, 0.6) is 0 Å². The molecule has 10 heteroatoms. The zero-order chi connectivity index (χ0) is 21.7. The van der Waals surface area contributed by atoms with E-state index in [4.69, 9.17) is 5.73 Å². The number of carbonyl (C=O) groups excluding carboxylic acids is 1. The molecule has 158 valence electrons. The summed E-state index contributed by atoms with van der Waals surface area (Å²) in [7, 11) is -2.46. The largest absolute Gasteiger partial charge is 0.369 e. The standard InChI is InChI=1S/C20H22FN5O3S/c1-20(11-30(28,29)26(2)19(22)25-20)15-9-14(6-7-16(15)21)24-18(27)17-8-5-13(10-23-17)12-3-4-12/h5-10,12H,3-4,11H2,1-2H3,(H2,22,25)(H,24,27)/t20-/m0/s1. The van der Waals surface area contributed by atoms with Crippen LogP contribution in [0.3, 0.4) is 0 Å². The number of carbonyl (C=O) groups is 1. The molecule has 0 spiro atoms. The van der Waals surface area contributed by atoms with Crippen molar-refractivity contribution in [3.05, 3.63) is 59.2 Å². The molecule has 1 amide bonds. The maximum absolute atomic E-state index is 14.6. The molecular weight excluding hydrogens is 409 g/mol. The molecule has 4 rings (SSSR count). The van der Waals surface area contributed by atoms with Crippen molar-refractivity contribution in [2.24, 2.45) is 10.7 Å². The van der Waals surface area contributed by atoms with Gasteiger partial charge in [0.15, 0.2) is 0 Å². The van der Waals surface area contributed by atoms with Crippen molar-refractivity contribution in [3.8, 4) is 0 Å². The molecule has 1 aliphatic heterocycles. The van der Waals surface area contributed by atoms with Crippen LogP contribution in [0.15, 0.2) is 41.5 Å². The Morgan fingerprint density at radius 1 is 1.30 bits per heavy atom. The highest BCUT2D eigenvalue weighted by molar-refractivity contribution is 7.89. The fourth-order valence-corrected chi connectivity index (χ4v) is 4.95. The van der Waals surface area contributed by atoms with E-state index in [1.807, 2.05) is 6.07 Å². The lowest BCUT2D eigenvalue weighted by Gasteiger charge is -2.34. The molecule has 1 aromatic heterocycles. The predicted molar refractivity (Wildman–Crippen MR) is 111 cm³/mol. The maximum atomic E-state index is 14.6. The summed E-state index contributed by atoms with van der Waals surface area (Å²) >= 11 is 0. The van der Waals surface area contributed by atoms with Gasteiger partial charge >= 0.3 is 0 Å². The number of guanidine groups is 1. The van der Waals surface area contributed by atoms with Crippen molar-refractivity contribution in [1.82, 2.24) is 9.29 Å². The molecule has 1 fully saturated rings. The van der Waals surface area contributed by atoms with Crippen molar-refractivity contribution in [3.63, 3.8) is 0 Å². The van der Waals surface area contributed by atoms with Crippen LogP contribution in [0.4, 0.5) is 10.1 Å². The number of hydrogen-bond donors (Lipinski definition) is 2. The minimum absolute atomic E-state index is 0.0250. The van der Waals surface area contributed by atoms with Gasteiger partial charge in [-0.2, -0.15) is 0 Å². The van der Waals surface area contributed by atoms with Crippen LogP contribution in [-0.2, 0) is 15.6 Å². The van der Waals surface area contributed by atoms with Gasteiger partial charge in [-0.3, -0.25) is 9.78 Å².